The lowest BCUT2D eigenvalue weighted by Gasteiger charge is -2.25. The second kappa shape index (κ2) is 28.9. The molecule has 0 saturated carbocycles. The molecule has 6 rings (SSSR count). The molecule has 65 heavy (non-hydrogen) atoms. The van der Waals surface area contributed by atoms with Crippen LogP contribution in [0, 0.1) is 0 Å². The molecule has 5 heterocycles. The summed E-state index contributed by atoms with van der Waals surface area (Å²) in [6, 6.07) is 22.7. The summed E-state index contributed by atoms with van der Waals surface area (Å²) in [6.07, 6.45) is 5.58. The molecular formula is C48H73N9O7Si. The molecular weight excluding hydrogens is 843 g/mol. The largest absolute Gasteiger partial charge is 0.501 e. The van der Waals surface area contributed by atoms with E-state index < -0.39 is 14.9 Å². The quantitative estimate of drug-likeness (QED) is 0.0290. The van der Waals surface area contributed by atoms with Gasteiger partial charge in [0.05, 0.1) is 68.0 Å². The van der Waals surface area contributed by atoms with Crippen molar-refractivity contribution in [3.8, 4) is 45.4 Å². The first-order valence-corrected chi connectivity index (χ1v) is 25.7. The lowest BCUT2D eigenvalue weighted by Crippen LogP contribution is -2.42. The highest BCUT2D eigenvalue weighted by Crippen LogP contribution is 2.35. The van der Waals surface area contributed by atoms with Crippen LogP contribution in [-0.4, -0.2) is 171 Å². The molecule has 2 aliphatic rings. The molecule has 356 valence electrons. The van der Waals surface area contributed by atoms with Crippen LogP contribution in [0.4, 0.5) is 0 Å². The van der Waals surface area contributed by atoms with E-state index in [0.29, 0.717) is 46.2 Å². The van der Waals surface area contributed by atoms with Crippen LogP contribution in [0.1, 0.15) is 33.1 Å². The van der Waals surface area contributed by atoms with E-state index in [0.717, 1.165) is 149 Å². The van der Waals surface area contributed by atoms with Crippen LogP contribution in [0.15, 0.2) is 79.1 Å². The number of benzene rings is 1. The number of ether oxygens (including phenoxy) is 3. The maximum Gasteiger partial charge on any atom is 0.501 e. The third-order valence-corrected chi connectivity index (χ3v) is 13.8. The Labute approximate surface area is 387 Å². The topological polar surface area (TPSA) is 178 Å². The van der Waals surface area contributed by atoms with Gasteiger partial charge < -0.3 is 59.2 Å². The Bertz CT molecular complexity index is 1840. The van der Waals surface area contributed by atoms with Crippen molar-refractivity contribution in [1.29, 1.82) is 0 Å². The van der Waals surface area contributed by atoms with Crippen molar-refractivity contribution >= 4 is 8.80 Å². The SMILES string of the molecule is CCNCCNCCNCCCOc1cc(OCCCNCCN(CCNCC)CC(O)COCCC[Si]23OCC(CO2)O3)cc(-c2cc(-c3ccccn3)nc(-c3ccccn3)c2)c1. The van der Waals surface area contributed by atoms with Crippen molar-refractivity contribution in [1.82, 2.24) is 46.4 Å². The van der Waals surface area contributed by atoms with Gasteiger partial charge in [-0.25, -0.2) is 4.98 Å². The van der Waals surface area contributed by atoms with E-state index >= 15 is 0 Å². The first-order valence-electron chi connectivity index (χ1n) is 23.8. The molecule has 0 radical (unpaired) electrons. The van der Waals surface area contributed by atoms with E-state index in [1.54, 1.807) is 12.4 Å². The summed E-state index contributed by atoms with van der Waals surface area (Å²) in [4.78, 5) is 16.5. The summed E-state index contributed by atoms with van der Waals surface area (Å²) >= 11 is 0. The van der Waals surface area contributed by atoms with Crippen molar-refractivity contribution < 1.29 is 32.6 Å². The van der Waals surface area contributed by atoms with Crippen molar-refractivity contribution in [3.05, 3.63) is 79.1 Å². The van der Waals surface area contributed by atoms with Crippen molar-refractivity contribution in [2.24, 2.45) is 0 Å². The lowest BCUT2D eigenvalue weighted by atomic mass is 10.0. The molecule has 0 aliphatic carbocycles. The second-order valence-corrected chi connectivity index (χ2v) is 19.0. The maximum absolute atomic E-state index is 10.8. The van der Waals surface area contributed by atoms with E-state index in [1.807, 2.05) is 42.5 Å². The van der Waals surface area contributed by atoms with Crippen LogP contribution in [0.25, 0.3) is 33.9 Å². The van der Waals surface area contributed by atoms with Crippen molar-refractivity contribution in [2.75, 3.05) is 125 Å². The molecule has 1 atom stereocenters. The van der Waals surface area contributed by atoms with Crippen molar-refractivity contribution in [3.63, 3.8) is 0 Å². The minimum Gasteiger partial charge on any atom is -0.493 e. The van der Waals surface area contributed by atoms with Gasteiger partial charge in [0.15, 0.2) is 0 Å². The monoisotopic (exact) mass is 916 g/mol. The number of aliphatic hydroxyl groups is 1. The fraction of sp³-hybridized carbons (Fsp3) is 0.562. The number of fused-ring (bicyclic) bond motifs is 2. The first kappa shape index (κ1) is 50.5. The molecule has 1 aromatic carbocycles. The predicted molar refractivity (Wildman–Crippen MR) is 257 cm³/mol. The first-order chi connectivity index (χ1) is 32.0. The molecule has 0 amide bonds. The van der Waals surface area contributed by atoms with E-state index in [-0.39, 0.29) is 6.10 Å². The number of hydrogen-bond donors (Lipinski definition) is 6. The highest BCUT2D eigenvalue weighted by Gasteiger charge is 2.54. The fourth-order valence-electron chi connectivity index (χ4n) is 7.60. The van der Waals surface area contributed by atoms with Crippen LogP contribution in [0.3, 0.4) is 0 Å². The molecule has 17 heteroatoms. The maximum atomic E-state index is 10.8. The lowest BCUT2D eigenvalue weighted by molar-refractivity contribution is 0.0164. The van der Waals surface area contributed by atoms with Crippen molar-refractivity contribution in [2.45, 2.75) is 51.4 Å². The average molecular weight is 916 g/mol. The Morgan fingerprint density at radius 1 is 0.662 bits per heavy atom. The number of nitrogens with zero attached hydrogens (tertiary/aromatic N) is 4. The Morgan fingerprint density at radius 2 is 1.22 bits per heavy atom. The average Bonchev–Trinajstić information content (AvgIpc) is 3.95. The molecule has 16 nitrogen and oxygen atoms in total. The Kier molecular flexibility index (Phi) is 22.5. The zero-order valence-corrected chi connectivity index (χ0v) is 39.6. The smallest absolute Gasteiger partial charge is 0.493 e. The molecule has 2 fully saturated rings. The molecule has 3 aromatic heterocycles. The molecule has 2 saturated heterocycles. The van der Waals surface area contributed by atoms with Crippen LogP contribution in [-0.2, 0) is 18.0 Å². The van der Waals surface area contributed by atoms with Gasteiger partial charge in [-0.3, -0.25) is 14.9 Å². The van der Waals surface area contributed by atoms with Gasteiger partial charge in [0.2, 0.25) is 0 Å². The van der Waals surface area contributed by atoms with Gasteiger partial charge in [-0.2, -0.15) is 0 Å². The summed E-state index contributed by atoms with van der Waals surface area (Å²) in [6.45, 7) is 18.7. The van der Waals surface area contributed by atoms with Gasteiger partial charge in [-0.05, 0) is 105 Å². The standard InChI is InChI=1S/C48H73N9O7Si/c1-3-49-18-19-53-21-20-51-14-9-27-60-42-30-39(40-32-47(45-12-5-7-16-54-45)56-48(33-40)46-13-6-8-17-55-46)31-43(34-42)61-28-10-15-52-23-25-57(24-22-50-4-2)35-41(58)36-59-26-11-29-65-62-37-44(64-65)38-63-65/h5-8,12-13,16-17,30-34,41,44,49-53,58H,3-4,9-11,14-15,18-29,35-38H2,1-2H3. The Balaban J connectivity index is 0.996. The van der Waals surface area contributed by atoms with Crippen LogP contribution >= 0.6 is 0 Å². The third-order valence-electron chi connectivity index (χ3n) is 11.0. The number of hydrogen-bond acceptors (Lipinski definition) is 16. The Morgan fingerprint density at radius 3 is 1.78 bits per heavy atom. The molecule has 1 unspecified atom stereocenters. The summed E-state index contributed by atoms with van der Waals surface area (Å²) in [7, 11) is -2.44. The minimum absolute atomic E-state index is 0.109. The van der Waals surface area contributed by atoms with Crippen LogP contribution in [0.5, 0.6) is 11.5 Å². The molecule has 4 aromatic rings. The summed E-state index contributed by atoms with van der Waals surface area (Å²) in [5.74, 6) is 1.49. The number of aromatic nitrogens is 3. The van der Waals surface area contributed by atoms with Gasteiger partial charge >= 0.3 is 8.80 Å². The zero-order chi connectivity index (χ0) is 45.2. The highest BCUT2D eigenvalue weighted by molar-refractivity contribution is 6.61. The number of nitrogens with one attached hydrogen (secondary N) is 5. The third kappa shape index (κ3) is 18.0. The second-order valence-electron chi connectivity index (χ2n) is 16.3. The summed E-state index contributed by atoms with van der Waals surface area (Å²) < 4.78 is 36.1. The fourth-order valence-corrected chi connectivity index (χ4v) is 10.3. The number of likely N-dealkylation sites (N-methyl/N-ethyl adjacent to an activating group) is 2. The van der Waals surface area contributed by atoms with Gasteiger partial charge in [0.25, 0.3) is 0 Å². The molecule has 2 bridgehead atoms. The predicted octanol–water partition coefficient (Wildman–Crippen LogP) is 3.85. The van der Waals surface area contributed by atoms with Gasteiger partial charge in [0.1, 0.15) is 11.5 Å². The molecule has 6 N–H and O–H groups in total. The highest BCUT2D eigenvalue weighted by atomic mass is 28.4. The normalized spacial score (nSPS) is 17.3. The summed E-state index contributed by atoms with van der Waals surface area (Å²) in [5, 5.41) is 28.1. The van der Waals surface area contributed by atoms with E-state index in [4.69, 9.17) is 32.5 Å². The molecule has 0 spiro atoms. The number of aliphatic hydroxyl groups excluding tert-OH is 1. The van der Waals surface area contributed by atoms with Crippen LogP contribution < -0.4 is 36.1 Å². The van der Waals surface area contributed by atoms with E-state index in [9.17, 15) is 5.11 Å². The zero-order valence-electron chi connectivity index (χ0n) is 38.6. The van der Waals surface area contributed by atoms with E-state index in [2.05, 4.69) is 79.6 Å². The Hall–Kier alpha value is -3.95. The minimum atomic E-state index is -2.44. The van der Waals surface area contributed by atoms with Crippen LogP contribution in [0.2, 0.25) is 6.04 Å². The number of rotatable bonds is 35. The van der Waals surface area contributed by atoms with Gasteiger partial charge in [0, 0.05) is 90.0 Å². The number of pyridine rings is 3. The molecule has 2 aliphatic heterocycles. The van der Waals surface area contributed by atoms with Gasteiger partial charge in [-0.15, -0.1) is 0 Å². The summed E-state index contributed by atoms with van der Waals surface area (Å²) in [5.41, 5.74) is 5.00. The van der Waals surface area contributed by atoms with Gasteiger partial charge in [-0.1, -0.05) is 26.0 Å². The van der Waals surface area contributed by atoms with E-state index in [1.165, 1.54) is 0 Å².